The summed E-state index contributed by atoms with van der Waals surface area (Å²) in [5.41, 5.74) is 1.30. The van der Waals surface area contributed by atoms with Crippen molar-refractivity contribution in [3.63, 3.8) is 0 Å². The van der Waals surface area contributed by atoms with Crippen molar-refractivity contribution in [1.29, 1.82) is 0 Å². The molecular formula is C16H26N2O. The van der Waals surface area contributed by atoms with Crippen LogP contribution in [0.4, 0.5) is 0 Å². The second-order valence-corrected chi connectivity index (χ2v) is 5.60. The molecule has 1 aliphatic heterocycles. The number of hydrogen-bond acceptors (Lipinski definition) is 3. The number of nitrogens with one attached hydrogen (secondary N) is 1. The van der Waals surface area contributed by atoms with E-state index in [0.29, 0.717) is 12.1 Å². The number of nitrogens with zero attached hydrogens (tertiary/aromatic N) is 1. The van der Waals surface area contributed by atoms with Gasteiger partial charge in [0.15, 0.2) is 0 Å². The van der Waals surface area contributed by atoms with Crippen molar-refractivity contribution < 1.29 is 4.74 Å². The number of likely N-dealkylation sites (tertiary alicyclic amines) is 1. The van der Waals surface area contributed by atoms with Gasteiger partial charge in [-0.05, 0) is 64.0 Å². The summed E-state index contributed by atoms with van der Waals surface area (Å²) < 4.78 is 5.29. The maximum Gasteiger partial charge on any atom is 0.119 e. The highest BCUT2D eigenvalue weighted by atomic mass is 16.5. The summed E-state index contributed by atoms with van der Waals surface area (Å²) in [7, 11) is 3.94. The van der Waals surface area contributed by atoms with E-state index in [1.807, 2.05) is 6.07 Å². The van der Waals surface area contributed by atoms with Gasteiger partial charge in [0, 0.05) is 12.1 Å². The maximum atomic E-state index is 5.29. The van der Waals surface area contributed by atoms with E-state index in [1.54, 1.807) is 7.11 Å². The zero-order valence-corrected chi connectivity index (χ0v) is 12.4. The molecular weight excluding hydrogens is 236 g/mol. The highest BCUT2D eigenvalue weighted by molar-refractivity contribution is 5.30. The molecule has 1 saturated heterocycles. The van der Waals surface area contributed by atoms with Crippen LogP contribution < -0.4 is 10.1 Å². The molecule has 0 spiro atoms. The maximum absolute atomic E-state index is 5.29. The standard InChI is InChI=1S/C16H26N2O/c1-13(14-6-4-8-16(12-14)19-3)17-15-7-5-10-18(2)11-9-15/h4,6,8,12-13,15,17H,5,7,9-11H2,1-3H3/t13-,15?/m0/s1. The summed E-state index contributed by atoms with van der Waals surface area (Å²) in [5, 5.41) is 3.76. The minimum Gasteiger partial charge on any atom is -0.497 e. The summed E-state index contributed by atoms with van der Waals surface area (Å²) >= 11 is 0. The molecule has 0 amide bonds. The van der Waals surface area contributed by atoms with Gasteiger partial charge in [0.1, 0.15) is 5.75 Å². The molecule has 3 heteroatoms. The fourth-order valence-electron chi connectivity index (χ4n) is 2.77. The quantitative estimate of drug-likeness (QED) is 0.903. The zero-order valence-electron chi connectivity index (χ0n) is 12.4. The number of methoxy groups -OCH3 is 1. The molecule has 0 aliphatic carbocycles. The first-order valence-corrected chi connectivity index (χ1v) is 7.27. The molecule has 1 fully saturated rings. The monoisotopic (exact) mass is 262 g/mol. The first-order chi connectivity index (χ1) is 9.19. The van der Waals surface area contributed by atoms with Crippen LogP contribution in [0.25, 0.3) is 0 Å². The van der Waals surface area contributed by atoms with Crippen LogP contribution in [0.2, 0.25) is 0 Å². The van der Waals surface area contributed by atoms with E-state index in [4.69, 9.17) is 4.74 Å². The summed E-state index contributed by atoms with van der Waals surface area (Å²) in [6.45, 7) is 4.66. The average Bonchev–Trinajstić information content (AvgIpc) is 2.64. The van der Waals surface area contributed by atoms with Gasteiger partial charge in [-0.2, -0.15) is 0 Å². The van der Waals surface area contributed by atoms with Gasteiger partial charge in [0.2, 0.25) is 0 Å². The Labute approximate surface area is 116 Å². The van der Waals surface area contributed by atoms with Crippen molar-refractivity contribution in [3.05, 3.63) is 29.8 Å². The van der Waals surface area contributed by atoms with Gasteiger partial charge < -0.3 is 15.0 Å². The van der Waals surface area contributed by atoms with Crippen LogP contribution in [-0.4, -0.2) is 38.2 Å². The smallest absolute Gasteiger partial charge is 0.119 e. The lowest BCUT2D eigenvalue weighted by molar-refractivity contribution is 0.340. The van der Waals surface area contributed by atoms with Crippen molar-refractivity contribution in [3.8, 4) is 5.75 Å². The molecule has 1 heterocycles. The fraction of sp³-hybridized carbons (Fsp3) is 0.625. The van der Waals surface area contributed by atoms with E-state index < -0.39 is 0 Å². The lowest BCUT2D eigenvalue weighted by Crippen LogP contribution is -2.32. The van der Waals surface area contributed by atoms with E-state index in [2.05, 4.69) is 42.4 Å². The summed E-state index contributed by atoms with van der Waals surface area (Å²) in [4.78, 5) is 2.43. The summed E-state index contributed by atoms with van der Waals surface area (Å²) in [6, 6.07) is 9.36. The lowest BCUT2D eigenvalue weighted by Gasteiger charge is -2.22. The Morgan fingerprint density at radius 1 is 1.32 bits per heavy atom. The lowest BCUT2D eigenvalue weighted by atomic mass is 10.0. The van der Waals surface area contributed by atoms with Crippen LogP contribution in [0, 0.1) is 0 Å². The van der Waals surface area contributed by atoms with Crippen molar-refractivity contribution in [2.24, 2.45) is 0 Å². The van der Waals surface area contributed by atoms with Crippen molar-refractivity contribution in [2.75, 3.05) is 27.2 Å². The van der Waals surface area contributed by atoms with Crippen LogP contribution >= 0.6 is 0 Å². The normalized spacial score (nSPS) is 22.8. The topological polar surface area (TPSA) is 24.5 Å². The number of hydrogen-bond donors (Lipinski definition) is 1. The van der Waals surface area contributed by atoms with E-state index in [1.165, 1.54) is 37.9 Å². The third kappa shape index (κ3) is 4.22. The summed E-state index contributed by atoms with van der Waals surface area (Å²) in [6.07, 6.45) is 3.81. The number of rotatable bonds is 4. The Morgan fingerprint density at radius 2 is 2.16 bits per heavy atom. The second kappa shape index (κ2) is 6.92. The van der Waals surface area contributed by atoms with Gasteiger partial charge in [0.05, 0.1) is 7.11 Å². The van der Waals surface area contributed by atoms with Gasteiger partial charge in [0.25, 0.3) is 0 Å². The van der Waals surface area contributed by atoms with Crippen LogP contribution in [-0.2, 0) is 0 Å². The van der Waals surface area contributed by atoms with Crippen molar-refractivity contribution >= 4 is 0 Å². The Bertz CT molecular complexity index is 394. The predicted octanol–water partition coefficient (Wildman–Crippen LogP) is 2.83. The van der Waals surface area contributed by atoms with E-state index in [9.17, 15) is 0 Å². The molecule has 1 aliphatic rings. The van der Waals surface area contributed by atoms with Crippen molar-refractivity contribution in [2.45, 2.75) is 38.3 Å². The van der Waals surface area contributed by atoms with Gasteiger partial charge in [-0.25, -0.2) is 0 Å². The van der Waals surface area contributed by atoms with Crippen LogP contribution in [0.3, 0.4) is 0 Å². The minimum absolute atomic E-state index is 0.378. The SMILES string of the molecule is COc1cccc([C@H](C)NC2CCCN(C)CC2)c1. The molecule has 0 saturated carbocycles. The third-order valence-electron chi connectivity index (χ3n) is 4.03. The summed E-state index contributed by atoms with van der Waals surface area (Å²) in [5.74, 6) is 0.937. The Morgan fingerprint density at radius 3 is 2.95 bits per heavy atom. The van der Waals surface area contributed by atoms with Gasteiger partial charge in [-0.1, -0.05) is 12.1 Å². The number of ether oxygens (including phenoxy) is 1. The molecule has 2 rings (SSSR count). The van der Waals surface area contributed by atoms with Crippen LogP contribution in [0.1, 0.15) is 37.8 Å². The van der Waals surface area contributed by atoms with E-state index in [0.717, 1.165) is 5.75 Å². The Hall–Kier alpha value is -1.06. The molecule has 1 aromatic rings. The zero-order chi connectivity index (χ0) is 13.7. The molecule has 3 nitrogen and oxygen atoms in total. The van der Waals surface area contributed by atoms with Gasteiger partial charge in [-0.3, -0.25) is 0 Å². The first kappa shape index (κ1) is 14.4. The molecule has 2 atom stereocenters. The second-order valence-electron chi connectivity index (χ2n) is 5.60. The molecule has 1 aromatic carbocycles. The molecule has 19 heavy (non-hydrogen) atoms. The fourth-order valence-corrected chi connectivity index (χ4v) is 2.77. The first-order valence-electron chi connectivity index (χ1n) is 7.27. The predicted molar refractivity (Wildman–Crippen MR) is 79.7 cm³/mol. The Balaban J connectivity index is 1.93. The highest BCUT2D eigenvalue weighted by Gasteiger charge is 2.17. The Kier molecular flexibility index (Phi) is 5.23. The van der Waals surface area contributed by atoms with Crippen LogP contribution in [0.5, 0.6) is 5.75 Å². The van der Waals surface area contributed by atoms with Crippen LogP contribution in [0.15, 0.2) is 24.3 Å². The molecule has 0 bridgehead atoms. The molecule has 0 radical (unpaired) electrons. The molecule has 1 unspecified atom stereocenters. The average molecular weight is 262 g/mol. The van der Waals surface area contributed by atoms with Gasteiger partial charge in [-0.15, -0.1) is 0 Å². The molecule has 106 valence electrons. The van der Waals surface area contributed by atoms with E-state index >= 15 is 0 Å². The molecule has 0 aromatic heterocycles. The van der Waals surface area contributed by atoms with Gasteiger partial charge >= 0.3 is 0 Å². The number of benzene rings is 1. The van der Waals surface area contributed by atoms with E-state index in [-0.39, 0.29) is 0 Å². The van der Waals surface area contributed by atoms with Crippen molar-refractivity contribution in [1.82, 2.24) is 10.2 Å². The molecule has 1 N–H and O–H groups in total. The largest absolute Gasteiger partial charge is 0.497 e. The third-order valence-corrected chi connectivity index (χ3v) is 4.03. The minimum atomic E-state index is 0.378. The highest BCUT2D eigenvalue weighted by Crippen LogP contribution is 2.21.